The summed E-state index contributed by atoms with van der Waals surface area (Å²) >= 11 is 1.51. The van der Waals surface area contributed by atoms with Crippen molar-refractivity contribution in [2.24, 2.45) is 17.8 Å². The number of aryl methyl sites for hydroxylation is 2. The molecular weight excluding hydrogens is 316 g/mol. The number of aromatic nitrogens is 1. The Kier molecular flexibility index (Phi) is 4.17. The van der Waals surface area contributed by atoms with Crippen LogP contribution in [-0.2, 0) is 4.79 Å². The summed E-state index contributed by atoms with van der Waals surface area (Å²) in [6.45, 7) is 4.23. The molecule has 4 heteroatoms. The lowest BCUT2D eigenvalue weighted by Crippen LogP contribution is -2.20. The third-order valence-corrected chi connectivity index (χ3v) is 6.64. The van der Waals surface area contributed by atoms with Crippen LogP contribution in [0.2, 0.25) is 0 Å². The molecule has 2 fully saturated rings. The van der Waals surface area contributed by atoms with E-state index in [1.807, 2.05) is 5.38 Å². The molecule has 1 aromatic carbocycles. The average molecular weight is 340 g/mol. The number of fused-ring (bicyclic) bond motifs is 2. The number of hydrogen-bond donors (Lipinski definition) is 1. The fraction of sp³-hybridized carbons (Fsp3) is 0.500. The normalized spacial score (nSPS) is 25.2. The van der Waals surface area contributed by atoms with E-state index in [1.54, 1.807) is 0 Å². The molecule has 0 saturated heterocycles. The number of thiazole rings is 1. The first-order valence-electron chi connectivity index (χ1n) is 8.91. The molecule has 1 N–H and O–H groups in total. The van der Waals surface area contributed by atoms with Crippen LogP contribution in [-0.4, -0.2) is 10.9 Å². The Labute approximate surface area is 147 Å². The van der Waals surface area contributed by atoms with E-state index in [0.717, 1.165) is 28.2 Å². The zero-order chi connectivity index (χ0) is 16.7. The van der Waals surface area contributed by atoms with Gasteiger partial charge in [0.2, 0.25) is 5.91 Å². The molecule has 1 amide bonds. The fourth-order valence-corrected chi connectivity index (χ4v) is 5.14. The second-order valence-corrected chi connectivity index (χ2v) is 8.38. The minimum atomic E-state index is 0.133. The van der Waals surface area contributed by atoms with Crippen LogP contribution in [0.4, 0.5) is 5.13 Å². The first-order chi connectivity index (χ1) is 11.6. The van der Waals surface area contributed by atoms with Crippen molar-refractivity contribution in [3.05, 3.63) is 34.7 Å². The predicted molar refractivity (Wildman–Crippen MR) is 99.2 cm³/mol. The molecule has 2 saturated carbocycles. The molecule has 2 aliphatic carbocycles. The number of carbonyl (C=O) groups is 1. The zero-order valence-corrected chi connectivity index (χ0v) is 15.2. The third-order valence-electron chi connectivity index (χ3n) is 5.89. The standard InChI is InChI=1S/C20H24N2OS/c1-12-3-5-16(7-13(12)2)18-11-24-20(21-18)22-19(23)10-17-9-14-4-6-15(17)8-14/h3,5,7,11,14-15,17H,4,6,8-10H2,1-2H3,(H,21,22,23)/t14-,15-,17-/m1/s1. The molecule has 2 bridgehead atoms. The summed E-state index contributed by atoms with van der Waals surface area (Å²) in [5.41, 5.74) is 4.61. The Hall–Kier alpha value is -1.68. The molecule has 3 atom stereocenters. The van der Waals surface area contributed by atoms with Crippen LogP contribution in [0.25, 0.3) is 11.3 Å². The third kappa shape index (κ3) is 3.12. The van der Waals surface area contributed by atoms with Crippen molar-refractivity contribution in [1.82, 2.24) is 4.98 Å². The van der Waals surface area contributed by atoms with Crippen LogP contribution in [0, 0.1) is 31.6 Å². The van der Waals surface area contributed by atoms with E-state index in [4.69, 9.17) is 0 Å². The van der Waals surface area contributed by atoms with Gasteiger partial charge in [-0.05, 0) is 68.1 Å². The maximum absolute atomic E-state index is 12.3. The van der Waals surface area contributed by atoms with Crippen molar-refractivity contribution in [3.63, 3.8) is 0 Å². The van der Waals surface area contributed by atoms with Gasteiger partial charge in [-0.1, -0.05) is 18.6 Å². The van der Waals surface area contributed by atoms with Gasteiger partial charge < -0.3 is 5.32 Å². The van der Waals surface area contributed by atoms with Gasteiger partial charge in [0.05, 0.1) is 5.69 Å². The molecule has 1 heterocycles. The highest BCUT2D eigenvalue weighted by atomic mass is 32.1. The minimum Gasteiger partial charge on any atom is -0.302 e. The lowest BCUT2D eigenvalue weighted by Gasteiger charge is -2.20. The highest BCUT2D eigenvalue weighted by Crippen LogP contribution is 2.49. The summed E-state index contributed by atoms with van der Waals surface area (Å²) in [5.74, 6) is 2.42. The fourth-order valence-electron chi connectivity index (χ4n) is 4.40. The van der Waals surface area contributed by atoms with Crippen molar-refractivity contribution in [2.45, 2.75) is 46.0 Å². The van der Waals surface area contributed by atoms with Crippen LogP contribution >= 0.6 is 11.3 Å². The lowest BCUT2D eigenvalue weighted by atomic mass is 9.86. The number of anilines is 1. The van der Waals surface area contributed by atoms with Gasteiger partial charge in [0, 0.05) is 17.4 Å². The number of nitrogens with one attached hydrogen (secondary N) is 1. The molecule has 0 spiro atoms. The van der Waals surface area contributed by atoms with E-state index in [9.17, 15) is 4.79 Å². The molecule has 24 heavy (non-hydrogen) atoms. The van der Waals surface area contributed by atoms with Crippen molar-refractivity contribution in [1.29, 1.82) is 0 Å². The number of amides is 1. The van der Waals surface area contributed by atoms with Gasteiger partial charge in [-0.15, -0.1) is 11.3 Å². The summed E-state index contributed by atoms with van der Waals surface area (Å²) < 4.78 is 0. The molecule has 2 aromatic rings. The number of nitrogens with zero attached hydrogens (tertiary/aromatic N) is 1. The van der Waals surface area contributed by atoms with E-state index in [2.05, 4.69) is 42.3 Å². The molecule has 0 unspecified atom stereocenters. The monoisotopic (exact) mass is 340 g/mol. The summed E-state index contributed by atoms with van der Waals surface area (Å²) in [6.07, 6.45) is 5.99. The number of benzene rings is 1. The SMILES string of the molecule is Cc1ccc(-c2csc(NC(=O)C[C@H]3C[C@@H]4CC[C@@H]3C4)n2)cc1C. The molecule has 3 nitrogen and oxygen atoms in total. The second kappa shape index (κ2) is 6.32. The smallest absolute Gasteiger partial charge is 0.226 e. The maximum atomic E-state index is 12.3. The molecule has 0 radical (unpaired) electrons. The largest absolute Gasteiger partial charge is 0.302 e. The second-order valence-electron chi connectivity index (χ2n) is 7.52. The van der Waals surface area contributed by atoms with Crippen LogP contribution in [0.1, 0.15) is 43.2 Å². The van der Waals surface area contributed by atoms with Crippen molar-refractivity contribution in [3.8, 4) is 11.3 Å². The highest BCUT2D eigenvalue weighted by Gasteiger charge is 2.40. The number of hydrogen-bond acceptors (Lipinski definition) is 3. The van der Waals surface area contributed by atoms with E-state index in [0.29, 0.717) is 12.3 Å². The first-order valence-corrected chi connectivity index (χ1v) is 9.79. The van der Waals surface area contributed by atoms with Crippen molar-refractivity contribution >= 4 is 22.4 Å². The zero-order valence-electron chi connectivity index (χ0n) is 14.3. The molecule has 1 aromatic heterocycles. The molecule has 0 aliphatic heterocycles. The quantitative estimate of drug-likeness (QED) is 0.832. The summed E-state index contributed by atoms with van der Waals surface area (Å²) in [5, 5.41) is 5.76. The van der Waals surface area contributed by atoms with Crippen LogP contribution in [0.3, 0.4) is 0 Å². The van der Waals surface area contributed by atoms with Gasteiger partial charge in [-0.2, -0.15) is 0 Å². The number of carbonyl (C=O) groups excluding carboxylic acids is 1. The van der Waals surface area contributed by atoms with Crippen LogP contribution in [0.15, 0.2) is 23.6 Å². The molecular formula is C20H24N2OS. The van der Waals surface area contributed by atoms with Crippen molar-refractivity contribution in [2.75, 3.05) is 5.32 Å². The van der Waals surface area contributed by atoms with E-state index in [-0.39, 0.29) is 5.91 Å². The minimum absolute atomic E-state index is 0.133. The average Bonchev–Trinajstić information content (AvgIpc) is 3.26. The van der Waals surface area contributed by atoms with Gasteiger partial charge in [-0.25, -0.2) is 4.98 Å². The van der Waals surface area contributed by atoms with Gasteiger partial charge in [0.25, 0.3) is 0 Å². The summed E-state index contributed by atoms with van der Waals surface area (Å²) in [7, 11) is 0. The molecule has 126 valence electrons. The van der Waals surface area contributed by atoms with E-state index >= 15 is 0 Å². The highest BCUT2D eigenvalue weighted by molar-refractivity contribution is 7.14. The van der Waals surface area contributed by atoms with Crippen LogP contribution in [0.5, 0.6) is 0 Å². The Balaban J connectivity index is 1.39. The van der Waals surface area contributed by atoms with E-state index in [1.165, 1.54) is 48.1 Å². The van der Waals surface area contributed by atoms with Gasteiger partial charge in [0.1, 0.15) is 0 Å². The maximum Gasteiger partial charge on any atom is 0.226 e. The van der Waals surface area contributed by atoms with Gasteiger partial charge in [-0.3, -0.25) is 4.79 Å². The Morgan fingerprint density at radius 2 is 2.12 bits per heavy atom. The topological polar surface area (TPSA) is 42.0 Å². The van der Waals surface area contributed by atoms with Crippen molar-refractivity contribution < 1.29 is 4.79 Å². The first kappa shape index (κ1) is 15.8. The lowest BCUT2D eigenvalue weighted by molar-refractivity contribution is -0.117. The molecule has 2 aliphatic rings. The Morgan fingerprint density at radius 3 is 2.83 bits per heavy atom. The number of rotatable bonds is 4. The van der Waals surface area contributed by atoms with E-state index < -0.39 is 0 Å². The summed E-state index contributed by atoms with van der Waals surface area (Å²) in [4.78, 5) is 16.9. The predicted octanol–water partition coefficient (Wildman–Crippen LogP) is 5.19. The summed E-state index contributed by atoms with van der Waals surface area (Å²) in [6, 6.07) is 6.38. The van der Waals surface area contributed by atoms with Crippen LogP contribution < -0.4 is 5.32 Å². The Morgan fingerprint density at radius 1 is 1.25 bits per heavy atom. The van der Waals surface area contributed by atoms with Gasteiger partial charge in [0.15, 0.2) is 5.13 Å². The Bertz CT molecular complexity index is 767. The molecule has 4 rings (SSSR count). The van der Waals surface area contributed by atoms with Gasteiger partial charge >= 0.3 is 0 Å².